The fourth-order valence-corrected chi connectivity index (χ4v) is 4.23. The molecule has 1 amide bonds. The van der Waals surface area contributed by atoms with Gasteiger partial charge in [-0.05, 0) is 69.0 Å². The molecule has 7 nitrogen and oxygen atoms in total. The van der Waals surface area contributed by atoms with Crippen molar-refractivity contribution in [3.63, 3.8) is 0 Å². The van der Waals surface area contributed by atoms with Crippen LogP contribution in [0.3, 0.4) is 0 Å². The zero-order valence-electron chi connectivity index (χ0n) is 17.8. The number of carbonyl (C=O) groups is 1. The molecule has 0 aliphatic heterocycles. The minimum atomic E-state index is -3.96. The smallest absolute Gasteiger partial charge is 0.407 e. The number of hydrogen-bond acceptors (Lipinski definition) is 6. The molecule has 0 bridgehead atoms. The van der Waals surface area contributed by atoms with Gasteiger partial charge in [0.15, 0.2) is 11.6 Å². The van der Waals surface area contributed by atoms with Gasteiger partial charge in [0.05, 0.1) is 18.1 Å². The molecule has 9 heteroatoms. The van der Waals surface area contributed by atoms with Gasteiger partial charge in [0.25, 0.3) is 10.1 Å². The molecule has 0 atom stereocenters. The molecule has 0 aromatic heterocycles. The van der Waals surface area contributed by atoms with E-state index in [2.05, 4.69) is 5.32 Å². The van der Waals surface area contributed by atoms with E-state index in [1.54, 1.807) is 39.0 Å². The molecule has 2 aromatic carbocycles. The lowest BCUT2D eigenvalue weighted by Gasteiger charge is -2.35. The summed E-state index contributed by atoms with van der Waals surface area (Å²) in [6.07, 6.45) is -0.298. The third-order valence-electron chi connectivity index (χ3n) is 4.71. The van der Waals surface area contributed by atoms with Crippen molar-refractivity contribution in [2.24, 2.45) is 0 Å². The van der Waals surface area contributed by atoms with Crippen LogP contribution in [0.25, 0.3) is 11.1 Å². The molecule has 0 heterocycles. The monoisotopic (exact) mass is 451 g/mol. The first-order chi connectivity index (χ1) is 14.5. The zero-order valence-corrected chi connectivity index (χ0v) is 18.7. The summed E-state index contributed by atoms with van der Waals surface area (Å²) in [5.41, 5.74) is 0.653. The van der Waals surface area contributed by atoms with Gasteiger partial charge < -0.3 is 14.8 Å². The van der Waals surface area contributed by atoms with Crippen molar-refractivity contribution in [1.29, 1.82) is 0 Å². The SMILES string of the molecule is COc1ccc(-c2ccc(S(=O)(=O)OC3CC(NC(=O)OC(C)(C)C)C3)cc2)cc1F. The van der Waals surface area contributed by atoms with E-state index < -0.39 is 33.7 Å². The highest BCUT2D eigenvalue weighted by Gasteiger charge is 2.36. The van der Waals surface area contributed by atoms with Gasteiger partial charge >= 0.3 is 6.09 Å². The first-order valence-corrected chi connectivity index (χ1v) is 11.2. The van der Waals surface area contributed by atoms with Crippen LogP contribution in [0.15, 0.2) is 47.4 Å². The Bertz CT molecular complexity index is 1040. The lowest BCUT2D eigenvalue weighted by atomic mass is 9.90. The summed E-state index contributed by atoms with van der Waals surface area (Å²) >= 11 is 0. The van der Waals surface area contributed by atoms with Crippen molar-refractivity contribution in [3.05, 3.63) is 48.3 Å². The molecular weight excluding hydrogens is 425 g/mol. The number of nitrogens with one attached hydrogen (secondary N) is 1. The third-order valence-corrected chi connectivity index (χ3v) is 6.08. The van der Waals surface area contributed by atoms with Crippen molar-refractivity contribution >= 4 is 16.2 Å². The maximum atomic E-state index is 13.9. The van der Waals surface area contributed by atoms with Crippen molar-refractivity contribution in [1.82, 2.24) is 5.32 Å². The fraction of sp³-hybridized carbons (Fsp3) is 0.409. The van der Waals surface area contributed by atoms with E-state index in [-0.39, 0.29) is 16.7 Å². The van der Waals surface area contributed by atoms with Crippen LogP contribution in [-0.2, 0) is 19.0 Å². The lowest BCUT2D eigenvalue weighted by molar-refractivity contribution is 0.0376. The summed E-state index contributed by atoms with van der Waals surface area (Å²) in [6, 6.07) is 10.3. The Hall–Kier alpha value is -2.65. The number of rotatable bonds is 6. The van der Waals surface area contributed by atoms with Crippen molar-refractivity contribution in [2.75, 3.05) is 7.11 Å². The van der Waals surface area contributed by atoms with Gasteiger partial charge in [-0.1, -0.05) is 18.2 Å². The first kappa shape index (κ1) is 23.0. The van der Waals surface area contributed by atoms with E-state index in [1.807, 2.05) is 0 Å². The van der Waals surface area contributed by atoms with Crippen molar-refractivity contribution in [2.45, 2.75) is 56.3 Å². The summed E-state index contributed by atoms with van der Waals surface area (Å²) in [4.78, 5) is 11.8. The Morgan fingerprint density at radius 1 is 1.06 bits per heavy atom. The van der Waals surface area contributed by atoms with Gasteiger partial charge in [0.2, 0.25) is 0 Å². The summed E-state index contributed by atoms with van der Waals surface area (Å²) in [6.45, 7) is 5.30. The van der Waals surface area contributed by atoms with Gasteiger partial charge in [-0.2, -0.15) is 8.42 Å². The van der Waals surface area contributed by atoms with Gasteiger partial charge in [-0.15, -0.1) is 0 Å². The highest BCUT2D eigenvalue weighted by atomic mass is 32.2. The topological polar surface area (TPSA) is 90.9 Å². The largest absolute Gasteiger partial charge is 0.494 e. The second-order valence-corrected chi connectivity index (χ2v) is 9.93. The molecule has 168 valence electrons. The Labute approximate surface area is 181 Å². The van der Waals surface area contributed by atoms with Crippen LogP contribution in [-0.4, -0.2) is 39.4 Å². The average Bonchev–Trinajstić information content (AvgIpc) is 2.64. The number of benzene rings is 2. The van der Waals surface area contributed by atoms with Crippen LogP contribution < -0.4 is 10.1 Å². The van der Waals surface area contributed by atoms with Crippen LogP contribution in [0.4, 0.5) is 9.18 Å². The van der Waals surface area contributed by atoms with Crippen molar-refractivity contribution in [3.8, 4) is 16.9 Å². The molecule has 1 N–H and O–H groups in total. The Morgan fingerprint density at radius 3 is 2.23 bits per heavy atom. The maximum absolute atomic E-state index is 13.9. The summed E-state index contributed by atoms with van der Waals surface area (Å²) in [5.74, 6) is -0.365. The fourth-order valence-electron chi connectivity index (χ4n) is 3.13. The quantitative estimate of drug-likeness (QED) is 0.660. The normalized spacial score (nSPS) is 18.7. The second-order valence-electron chi connectivity index (χ2n) is 8.36. The van der Waals surface area contributed by atoms with E-state index in [9.17, 15) is 17.6 Å². The van der Waals surface area contributed by atoms with Crippen molar-refractivity contribution < 1.29 is 31.3 Å². The number of ether oxygens (including phenoxy) is 2. The molecule has 3 rings (SSSR count). The Morgan fingerprint density at radius 2 is 1.68 bits per heavy atom. The van der Waals surface area contributed by atoms with Gasteiger partial charge in [-0.25, -0.2) is 9.18 Å². The first-order valence-electron chi connectivity index (χ1n) is 9.83. The molecule has 1 aliphatic rings. The molecule has 0 radical (unpaired) electrons. The molecule has 1 aliphatic carbocycles. The third kappa shape index (κ3) is 5.95. The predicted octanol–water partition coefficient (Wildman–Crippen LogP) is 4.26. The molecule has 1 saturated carbocycles. The van der Waals surface area contributed by atoms with Crippen LogP contribution in [0.5, 0.6) is 5.75 Å². The molecular formula is C22H26FNO6S. The molecule has 0 spiro atoms. The summed E-state index contributed by atoms with van der Waals surface area (Å²) in [7, 11) is -2.57. The van der Waals surface area contributed by atoms with Crippen LogP contribution in [0.1, 0.15) is 33.6 Å². The van der Waals surface area contributed by atoms with Gasteiger partial charge in [0.1, 0.15) is 5.60 Å². The van der Waals surface area contributed by atoms with Crippen LogP contribution in [0.2, 0.25) is 0 Å². The number of amides is 1. The van der Waals surface area contributed by atoms with E-state index in [4.69, 9.17) is 13.7 Å². The summed E-state index contributed by atoms with van der Waals surface area (Å²) in [5, 5.41) is 2.69. The van der Waals surface area contributed by atoms with E-state index in [0.717, 1.165) is 0 Å². The van der Waals surface area contributed by atoms with E-state index >= 15 is 0 Å². The minimum Gasteiger partial charge on any atom is -0.494 e. The minimum absolute atomic E-state index is 0.00813. The molecule has 31 heavy (non-hydrogen) atoms. The molecule has 1 fully saturated rings. The number of hydrogen-bond donors (Lipinski definition) is 1. The standard InChI is InChI=1S/C22H26FNO6S/c1-22(2,3)29-21(25)24-16-12-17(13-16)30-31(26,27)18-8-5-14(6-9-18)15-7-10-20(28-4)19(23)11-15/h5-11,16-17H,12-13H2,1-4H3,(H,24,25). The summed E-state index contributed by atoms with van der Waals surface area (Å²) < 4.78 is 54.3. The van der Waals surface area contributed by atoms with Gasteiger partial charge in [0, 0.05) is 6.04 Å². The number of halogens is 1. The van der Waals surface area contributed by atoms with Crippen LogP contribution in [0, 0.1) is 5.82 Å². The Kier molecular flexibility index (Phi) is 6.56. The van der Waals surface area contributed by atoms with Gasteiger partial charge in [-0.3, -0.25) is 4.18 Å². The Balaban J connectivity index is 1.57. The molecule has 2 aromatic rings. The zero-order chi connectivity index (χ0) is 22.8. The van der Waals surface area contributed by atoms with E-state index in [0.29, 0.717) is 24.0 Å². The highest BCUT2D eigenvalue weighted by Crippen LogP contribution is 2.30. The highest BCUT2D eigenvalue weighted by molar-refractivity contribution is 7.86. The number of alkyl carbamates (subject to hydrolysis) is 1. The van der Waals surface area contributed by atoms with E-state index in [1.165, 1.54) is 31.4 Å². The maximum Gasteiger partial charge on any atom is 0.407 e. The predicted molar refractivity (Wildman–Crippen MR) is 113 cm³/mol. The molecule has 0 unspecified atom stereocenters. The molecule has 0 saturated heterocycles. The number of carbonyl (C=O) groups excluding carboxylic acids is 1. The van der Waals surface area contributed by atoms with Crippen LogP contribution >= 0.6 is 0 Å². The second kappa shape index (κ2) is 8.84. The number of methoxy groups -OCH3 is 1. The lowest BCUT2D eigenvalue weighted by Crippen LogP contribution is -2.49. The average molecular weight is 452 g/mol.